The molecule has 6 heteroatoms. The molecule has 1 saturated heterocycles. The van der Waals surface area contributed by atoms with E-state index in [-0.39, 0.29) is 30.6 Å². The number of methoxy groups -OCH3 is 1. The van der Waals surface area contributed by atoms with Crippen LogP contribution in [0, 0.1) is 0 Å². The topological polar surface area (TPSA) is 76.7 Å². The Labute approximate surface area is 157 Å². The lowest BCUT2D eigenvalue weighted by molar-refractivity contribution is -0.142. The number of ether oxygens (including phenoxy) is 2. The first-order valence-corrected chi connectivity index (χ1v) is 9.10. The zero-order valence-corrected chi connectivity index (χ0v) is 15.1. The van der Waals surface area contributed by atoms with Gasteiger partial charge in [-0.15, -0.1) is 0 Å². The van der Waals surface area contributed by atoms with Gasteiger partial charge in [0.1, 0.15) is 12.6 Å². The summed E-state index contributed by atoms with van der Waals surface area (Å²) in [6.45, 7) is 0.796. The zero-order chi connectivity index (χ0) is 18.8. The molecule has 0 bridgehead atoms. The van der Waals surface area contributed by atoms with Gasteiger partial charge in [-0.1, -0.05) is 48.5 Å². The van der Waals surface area contributed by atoms with E-state index in [1.54, 1.807) is 0 Å². The smallest absolute Gasteiger partial charge is 0.407 e. The van der Waals surface area contributed by atoms with Crippen molar-refractivity contribution in [3.05, 3.63) is 59.7 Å². The highest BCUT2D eigenvalue weighted by atomic mass is 16.5. The Balaban J connectivity index is 1.38. The monoisotopic (exact) mass is 366 g/mol. The Morgan fingerprint density at radius 2 is 1.70 bits per heavy atom. The van der Waals surface area contributed by atoms with Crippen molar-refractivity contribution < 1.29 is 19.1 Å². The van der Waals surface area contributed by atoms with Gasteiger partial charge in [-0.05, 0) is 28.7 Å². The standard InChI is InChI=1S/C21H22N2O4/c1-26-20(24)19-10-13(11-22-19)23-21(25)27-12-18-16-8-4-2-6-14(16)15-7-3-5-9-17(15)18/h2-9,13,18-19,22H,10-12H2,1H3,(H,23,25)/t13-,19+/m1/s1. The summed E-state index contributed by atoms with van der Waals surface area (Å²) < 4.78 is 10.3. The number of hydrogen-bond acceptors (Lipinski definition) is 5. The Morgan fingerprint density at radius 1 is 1.07 bits per heavy atom. The molecule has 2 atom stereocenters. The molecule has 4 rings (SSSR count). The van der Waals surface area contributed by atoms with Gasteiger partial charge < -0.3 is 20.1 Å². The summed E-state index contributed by atoms with van der Waals surface area (Å²) in [7, 11) is 1.36. The maximum Gasteiger partial charge on any atom is 0.407 e. The quantitative estimate of drug-likeness (QED) is 0.813. The van der Waals surface area contributed by atoms with Crippen LogP contribution >= 0.6 is 0 Å². The molecular formula is C21H22N2O4. The maximum absolute atomic E-state index is 12.2. The van der Waals surface area contributed by atoms with E-state index in [0.29, 0.717) is 13.0 Å². The summed E-state index contributed by atoms with van der Waals surface area (Å²) in [6, 6.07) is 15.9. The van der Waals surface area contributed by atoms with Crippen LogP contribution in [0.3, 0.4) is 0 Å². The molecule has 1 aliphatic heterocycles. The third-order valence-corrected chi connectivity index (χ3v) is 5.28. The second kappa shape index (κ2) is 7.40. The van der Waals surface area contributed by atoms with E-state index in [9.17, 15) is 9.59 Å². The first kappa shape index (κ1) is 17.5. The third kappa shape index (κ3) is 3.40. The molecule has 140 valence electrons. The largest absolute Gasteiger partial charge is 0.468 e. The molecule has 2 aliphatic rings. The minimum Gasteiger partial charge on any atom is -0.468 e. The fourth-order valence-corrected chi connectivity index (χ4v) is 3.97. The number of benzene rings is 2. The first-order chi connectivity index (χ1) is 13.2. The summed E-state index contributed by atoms with van der Waals surface area (Å²) in [4.78, 5) is 23.8. The lowest BCUT2D eigenvalue weighted by atomic mass is 9.98. The zero-order valence-electron chi connectivity index (χ0n) is 15.1. The molecule has 0 unspecified atom stereocenters. The molecule has 0 aromatic heterocycles. The molecule has 1 heterocycles. The fraction of sp³-hybridized carbons (Fsp3) is 0.333. The van der Waals surface area contributed by atoms with E-state index in [0.717, 1.165) is 0 Å². The van der Waals surface area contributed by atoms with Crippen molar-refractivity contribution in [1.29, 1.82) is 0 Å². The molecule has 0 radical (unpaired) electrons. The molecule has 27 heavy (non-hydrogen) atoms. The van der Waals surface area contributed by atoms with Crippen LogP contribution in [0.15, 0.2) is 48.5 Å². The highest BCUT2D eigenvalue weighted by Crippen LogP contribution is 2.44. The number of esters is 1. The Morgan fingerprint density at radius 3 is 2.33 bits per heavy atom. The SMILES string of the molecule is COC(=O)[C@@H]1C[C@@H](NC(=O)OCC2c3ccccc3-c3ccccc32)CN1. The Kier molecular flexibility index (Phi) is 4.81. The van der Waals surface area contributed by atoms with Gasteiger partial charge in [0.25, 0.3) is 0 Å². The number of fused-ring (bicyclic) bond motifs is 3. The van der Waals surface area contributed by atoms with Crippen LogP contribution in [0.25, 0.3) is 11.1 Å². The van der Waals surface area contributed by atoms with E-state index >= 15 is 0 Å². The minimum atomic E-state index is -0.464. The van der Waals surface area contributed by atoms with Gasteiger partial charge >= 0.3 is 12.1 Å². The summed E-state index contributed by atoms with van der Waals surface area (Å²) in [5, 5.41) is 5.87. The molecule has 2 aromatic carbocycles. The summed E-state index contributed by atoms with van der Waals surface area (Å²) in [6.07, 6.45) is 0.0332. The second-order valence-electron chi connectivity index (χ2n) is 6.89. The second-order valence-corrected chi connectivity index (χ2v) is 6.89. The summed E-state index contributed by atoms with van der Waals surface area (Å²) >= 11 is 0. The highest BCUT2D eigenvalue weighted by Gasteiger charge is 2.32. The van der Waals surface area contributed by atoms with E-state index in [1.807, 2.05) is 24.3 Å². The van der Waals surface area contributed by atoms with E-state index in [2.05, 4.69) is 34.9 Å². The van der Waals surface area contributed by atoms with Crippen molar-refractivity contribution in [2.24, 2.45) is 0 Å². The lowest BCUT2D eigenvalue weighted by Gasteiger charge is -2.16. The number of amides is 1. The number of carbonyl (C=O) groups is 2. The van der Waals surface area contributed by atoms with Gasteiger partial charge in [0, 0.05) is 18.5 Å². The molecule has 0 saturated carbocycles. The van der Waals surface area contributed by atoms with Crippen LogP contribution in [-0.4, -0.2) is 44.4 Å². The van der Waals surface area contributed by atoms with Crippen molar-refractivity contribution in [1.82, 2.24) is 10.6 Å². The van der Waals surface area contributed by atoms with Crippen LogP contribution in [0.5, 0.6) is 0 Å². The predicted octanol–water partition coefficient (Wildman–Crippen LogP) is 2.43. The van der Waals surface area contributed by atoms with E-state index in [1.165, 1.54) is 29.4 Å². The van der Waals surface area contributed by atoms with Crippen LogP contribution in [0.2, 0.25) is 0 Å². The van der Waals surface area contributed by atoms with Gasteiger partial charge in [0.2, 0.25) is 0 Å². The molecule has 1 fully saturated rings. The van der Waals surface area contributed by atoms with E-state index in [4.69, 9.17) is 9.47 Å². The van der Waals surface area contributed by atoms with Crippen molar-refractivity contribution in [3.63, 3.8) is 0 Å². The van der Waals surface area contributed by atoms with Crippen LogP contribution in [0.4, 0.5) is 4.79 Å². The van der Waals surface area contributed by atoms with Crippen molar-refractivity contribution in [3.8, 4) is 11.1 Å². The number of hydrogen-bond donors (Lipinski definition) is 2. The normalized spacial score (nSPS) is 20.6. The molecule has 0 spiro atoms. The summed E-state index contributed by atoms with van der Waals surface area (Å²) in [5.41, 5.74) is 4.76. The van der Waals surface area contributed by atoms with Gasteiger partial charge in [0.05, 0.1) is 7.11 Å². The number of nitrogens with one attached hydrogen (secondary N) is 2. The summed E-state index contributed by atoms with van der Waals surface area (Å²) in [5.74, 6) is -0.278. The molecule has 6 nitrogen and oxygen atoms in total. The van der Waals surface area contributed by atoms with Gasteiger partial charge in [-0.2, -0.15) is 0 Å². The first-order valence-electron chi connectivity index (χ1n) is 9.10. The van der Waals surface area contributed by atoms with Crippen molar-refractivity contribution >= 4 is 12.1 Å². The predicted molar refractivity (Wildman–Crippen MR) is 100 cm³/mol. The average molecular weight is 366 g/mol. The fourth-order valence-electron chi connectivity index (χ4n) is 3.97. The Hall–Kier alpha value is -2.86. The number of alkyl carbamates (subject to hydrolysis) is 1. The molecule has 2 N–H and O–H groups in total. The van der Waals surface area contributed by atoms with Crippen molar-refractivity contribution in [2.75, 3.05) is 20.3 Å². The minimum absolute atomic E-state index is 0.0349. The Bertz CT molecular complexity index is 821. The molecule has 1 aliphatic carbocycles. The molecule has 1 amide bonds. The number of carbonyl (C=O) groups excluding carboxylic acids is 2. The lowest BCUT2D eigenvalue weighted by Crippen LogP contribution is -2.37. The van der Waals surface area contributed by atoms with Crippen LogP contribution in [-0.2, 0) is 14.3 Å². The molecular weight excluding hydrogens is 344 g/mol. The van der Waals surface area contributed by atoms with Crippen molar-refractivity contribution in [2.45, 2.75) is 24.4 Å². The van der Waals surface area contributed by atoms with Crippen LogP contribution < -0.4 is 10.6 Å². The number of rotatable bonds is 4. The molecule has 2 aromatic rings. The third-order valence-electron chi connectivity index (χ3n) is 5.28. The van der Waals surface area contributed by atoms with Gasteiger partial charge in [-0.25, -0.2) is 4.79 Å². The maximum atomic E-state index is 12.2. The van der Waals surface area contributed by atoms with Crippen LogP contribution in [0.1, 0.15) is 23.5 Å². The van der Waals surface area contributed by atoms with E-state index < -0.39 is 6.09 Å². The van der Waals surface area contributed by atoms with Gasteiger partial charge in [0.15, 0.2) is 0 Å². The van der Waals surface area contributed by atoms with Gasteiger partial charge in [-0.3, -0.25) is 4.79 Å². The highest BCUT2D eigenvalue weighted by molar-refractivity contribution is 5.79. The average Bonchev–Trinajstić information content (AvgIpc) is 3.28.